The van der Waals surface area contributed by atoms with Crippen LogP contribution >= 0.6 is 0 Å². The van der Waals surface area contributed by atoms with Gasteiger partial charge in [-0.1, -0.05) is 0 Å². The van der Waals surface area contributed by atoms with Gasteiger partial charge in [0.2, 0.25) is 0 Å². The highest BCUT2D eigenvalue weighted by Gasteiger charge is 2.37. The number of aryl methyl sites for hydroxylation is 2. The first kappa shape index (κ1) is 9.46. The highest BCUT2D eigenvalue weighted by Crippen LogP contribution is 2.37. The highest BCUT2D eigenvalue weighted by molar-refractivity contribution is 5.29. The van der Waals surface area contributed by atoms with Crippen LogP contribution in [0.3, 0.4) is 0 Å². The third-order valence-electron chi connectivity index (χ3n) is 4.16. The van der Waals surface area contributed by atoms with Crippen molar-refractivity contribution in [2.24, 2.45) is 5.73 Å². The van der Waals surface area contributed by atoms with E-state index >= 15 is 0 Å². The number of nitrogens with two attached hydrogens (primary N) is 1. The van der Waals surface area contributed by atoms with E-state index in [1.165, 1.54) is 50.8 Å². The van der Waals surface area contributed by atoms with Gasteiger partial charge in [0.1, 0.15) is 0 Å². The molecule has 1 fully saturated rings. The maximum Gasteiger partial charge on any atom is 0.0228 e. The minimum atomic E-state index is 0.207. The molecule has 1 aromatic heterocycles. The molecule has 0 amide bonds. The van der Waals surface area contributed by atoms with Gasteiger partial charge in [0.25, 0.3) is 0 Å². The van der Waals surface area contributed by atoms with Crippen LogP contribution in [0.5, 0.6) is 0 Å². The second-order valence-corrected chi connectivity index (χ2v) is 5.36. The molecule has 0 bridgehead atoms. The van der Waals surface area contributed by atoms with Crippen molar-refractivity contribution in [3.05, 3.63) is 23.0 Å². The summed E-state index contributed by atoms with van der Waals surface area (Å²) in [5, 5.41) is 0. The van der Waals surface area contributed by atoms with E-state index in [1.54, 1.807) is 11.3 Å². The molecule has 0 radical (unpaired) electrons. The third-order valence-corrected chi connectivity index (χ3v) is 4.16. The molecule has 2 heterocycles. The molecular formula is C13H20N2. The van der Waals surface area contributed by atoms with Gasteiger partial charge in [0.15, 0.2) is 0 Å². The molecule has 0 unspecified atom stereocenters. The number of hydrogen-bond acceptors (Lipinski definition) is 1. The zero-order valence-corrected chi connectivity index (χ0v) is 9.55. The Labute approximate surface area is 91.5 Å². The van der Waals surface area contributed by atoms with Crippen molar-refractivity contribution in [1.82, 2.24) is 4.57 Å². The van der Waals surface area contributed by atoms with Gasteiger partial charge in [0.05, 0.1) is 0 Å². The highest BCUT2D eigenvalue weighted by atomic mass is 15.0. The molecule has 1 aliphatic heterocycles. The predicted octanol–water partition coefficient (Wildman–Crippen LogP) is 2.17. The summed E-state index contributed by atoms with van der Waals surface area (Å²) in [6, 6.07) is 2.41. The minimum Gasteiger partial charge on any atom is -0.349 e. The molecule has 1 aromatic rings. The van der Waals surface area contributed by atoms with Crippen LogP contribution in [0.25, 0.3) is 0 Å². The number of hydrogen-bond donors (Lipinski definition) is 1. The maximum absolute atomic E-state index is 6.13. The fourth-order valence-electron chi connectivity index (χ4n) is 2.76. The maximum atomic E-state index is 6.13. The Morgan fingerprint density at radius 3 is 2.93 bits per heavy atom. The van der Waals surface area contributed by atoms with Gasteiger partial charge < -0.3 is 10.3 Å². The molecule has 2 N–H and O–H groups in total. The Kier molecular flexibility index (Phi) is 1.96. The molecule has 0 atom stereocenters. The lowest BCUT2D eigenvalue weighted by Crippen LogP contribution is -2.22. The monoisotopic (exact) mass is 204 g/mol. The summed E-state index contributed by atoms with van der Waals surface area (Å²) in [7, 11) is 0. The standard InChI is InChI=1S/C13H20N2/c1-10-11(4-5-13(14)6-7-13)9-12-3-2-8-15(10)12/h9H,2-8,14H2,1H3. The lowest BCUT2D eigenvalue weighted by atomic mass is 10.0. The molecule has 1 aliphatic carbocycles. The average Bonchev–Trinajstić information content (AvgIpc) is 2.69. The van der Waals surface area contributed by atoms with Crippen LogP contribution in [-0.4, -0.2) is 10.1 Å². The first-order chi connectivity index (χ1) is 7.18. The van der Waals surface area contributed by atoms with Gasteiger partial charge in [-0.2, -0.15) is 0 Å². The fourth-order valence-corrected chi connectivity index (χ4v) is 2.76. The van der Waals surface area contributed by atoms with Crippen LogP contribution in [0.2, 0.25) is 0 Å². The molecular weight excluding hydrogens is 184 g/mol. The number of fused-ring (bicyclic) bond motifs is 1. The van der Waals surface area contributed by atoms with Crippen molar-refractivity contribution in [2.75, 3.05) is 0 Å². The van der Waals surface area contributed by atoms with Crippen LogP contribution in [0.15, 0.2) is 6.07 Å². The predicted molar refractivity (Wildman–Crippen MR) is 62.0 cm³/mol. The molecule has 82 valence electrons. The number of nitrogens with zero attached hydrogens (tertiary/aromatic N) is 1. The van der Waals surface area contributed by atoms with E-state index in [4.69, 9.17) is 5.73 Å². The molecule has 2 nitrogen and oxygen atoms in total. The van der Waals surface area contributed by atoms with E-state index in [2.05, 4.69) is 17.6 Å². The van der Waals surface area contributed by atoms with E-state index in [9.17, 15) is 0 Å². The largest absolute Gasteiger partial charge is 0.349 e. The summed E-state index contributed by atoms with van der Waals surface area (Å²) >= 11 is 0. The first-order valence-electron chi connectivity index (χ1n) is 6.15. The second-order valence-electron chi connectivity index (χ2n) is 5.36. The van der Waals surface area contributed by atoms with E-state index in [0.29, 0.717) is 0 Å². The molecule has 0 aromatic carbocycles. The third kappa shape index (κ3) is 1.61. The van der Waals surface area contributed by atoms with Gasteiger partial charge in [-0.05, 0) is 57.1 Å². The Hall–Kier alpha value is -0.760. The lowest BCUT2D eigenvalue weighted by Gasteiger charge is -2.08. The zero-order valence-electron chi connectivity index (χ0n) is 9.55. The zero-order chi connectivity index (χ0) is 10.5. The van der Waals surface area contributed by atoms with Gasteiger partial charge in [-0.25, -0.2) is 0 Å². The molecule has 2 heteroatoms. The van der Waals surface area contributed by atoms with Crippen LogP contribution in [0, 0.1) is 6.92 Å². The molecule has 3 rings (SSSR count). The van der Waals surface area contributed by atoms with Crippen LogP contribution in [-0.2, 0) is 19.4 Å². The van der Waals surface area contributed by atoms with Crippen molar-refractivity contribution in [3.63, 3.8) is 0 Å². The van der Waals surface area contributed by atoms with E-state index < -0.39 is 0 Å². The minimum absolute atomic E-state index is 0.207. The van der Waals surface area contributed by atoms with Crippen LogP contribution in [0.1, 0.15) is 42.6 Å². The number of rotatable bonds is 3. The van der Waals surface area contributed by atoms with Gasteiger partial charge >= 0.3 is 0 Å². The summed E-state index contributed by atoms with van der Waals surface area (Å²) < 4.78 is 2.49. The van der Waals surface area contributed by atoms with E-state index in [1.807, 2.05) is 0 Å². The van der Waals surface area contributed by atoms with Crippen LogP contribution in [0.4, 0.5) is 0 Å². The van der Waals surface area contributed by atoms with Crippen molar-refractivity contribution in [3.8, 4) is 0 Å². The van der Waals surface area contributed by atoms with Gasteiger partial charge in [0, 0.05) is 23.5 Å². The Morgan fingerprint density at radius 1 is 1.47 bits per heavy atom. The number of aromatic nitrogens is 1. The topological polar surface area (TPSA) is 30.9 Å². The first-order valence-corrected chi connectivity index (χ1v) is 6.15. The lowest BCUT2D eigenvalue weighted by molar-refractivity contribution is 0.605. The molecule has 1 saturated carbocycles. The van der Waals surface area contributed by atoms with E-state index in [-0.39, 0.29) is 5.54 Å². The van der Waals surface area contributed by atoms with Crippen molar-refractivity contribution in [1.29, 1.82) is 0 Å². The Balaban J connectivity index is 1.75. The summed E-state index contributed by atoms with van der Waals surface area (Å²) in [5.41, 5.74) is 10.9. The summed E-state index contributed by atoms with van der Waals surface area (Å²) in [6.45, 7) is 3.50. The van der Waals surface area contributed by atoms with Crippen molar-refractivity contribution in [2.45, 2.75) is 57.5 Å². The normalized spacial score (nSPS) is 21.7. The summed E-state index contributed by atoms with van der Waals surface area (Å²) in [6.07, 6.45) is 7.44. The summed E-state index contributed by atoms with van der Waals surface area (Å²) in [4.78, 5) is 0. The smallest absolute Gasteiger partial charge is 0.0228 e. The Bertz CT molecular complexity index is 385. The molecule has 0 spiro atoms. The quantitative estimate of drug-likeness (QED) is 0.803. The SMILES string of the molecule is Cc1c(CCC2(N)CC2)cc2n1CCC2. The molecule has 15 heavy (non-hydrogen) atoms. The second kappa shape index (κ2) is 3.11. The summed E-state index contributed by atoms with van der Waals surface area (Å²) in [5.74, 6) is 0. The Morgan fingerprint density at radius 2 is 2.27 bits per heavy atom. The van der Waals surface area contributed by atoms with Crippen LogP contribution < -0.4 is 5.73 Å². The fraction of sp³-hybridized carbons (Fsp3) is 0.692. The van der Waals surface area contributed by atoms with Gasteiger partial charge in [-0.15, -0.1) is 0 Å². The van der Waals surface area contributed by atoms with Gasteiger partial charge in [-0.3, -0.25) is 0 Å². The average molecular weight is 204 g/mol. The van der Waals surface area contributed by atoms with Crippen molar-refractivity contribution >= 4 is 0 Å². The van der Waals surface area contributed by atoms with Crippen molar-refractivity contribution < 1.29 is 0 Å². The van der Waals surface area contributed by atoms with E-state index in [0.717, 1.165) is 0 Å². The molecule has 0 saturated heterocycles. The molecule has 2 aliphatic rings.